The molecule has 0 aromatic heterocycles. The predicted molar refractivity (Wildman–Crippen MR) is 102 cm³/mol. The number of hydrogen-bond donors (Lipinski definition) is 0. The molecule has 26 heavy (non-hydrogen) atoms. The van der Waals surface area contributed by atoms with Crippen LogP contribution in [0.1, 0.15) is 36.5 Å². The Morgan fingerprint density at radius 3 is 2.65 bits per heavy atom. The first-order valence-corrected chi connectivity index (χ1v) is 10.0. The first-order valence-electron chi connectivity index (χ1n) is 10.0. The van der Waals surface area contributed by atoms with Gasteiger partial charge in [-0.2, -0.15) is 0 Å². The number of benzene rings is 2. The Kier molecular flexibility index (Phi) is 2.89. The van der Waals surface area contributed by atoms with Gasteiger partial charge in [0.05, 0.1) is 5.56 Å². The van der Waals surface area contributed by atoms with Gasteiger partial charge in [-0.1, -0.05) is 48.6 Å². The number of hydrogen-bond acceptors (Lipinski definition) is 2. The van der Waals surface area contributed by atoms with E-state index in [1.807, 2.05) is 30.3 Å². The van der Waals surface area contributed by atoms with Crippen LogP contribution in [-0.4, -0.2) is 11.6 Å². The molecule has 2 heteroatoms. The lowest BCUT2D eigenvalue weighted by atomic mass is 9.68. The summed E-state index contributed by atoms with van der Waals surface area (Å²) in [5, 5.41) is 2.09. The first kappa shape index (κ1) is 15.0. The summed E-state index contributed by atoms with van der Waals surface area (Å²) in [4.78, 5) is 13.1. The van der Waals surface area contributed by atoms with Crippen molar-refractivity contribution in [3.8, 4) is 0 Å². The average molecular weight is 344 g/mol. The molecule has 0 amide bonds. The van der Waals surface area contributed by atoms with Gasteiger partial charge in [0.1, 0.15) is 5.60 Å². The summed E-state index contributed by atoms with van der Waals surface area (Å²) in [7, 11) is 0. The highest BCUT2D eigenvalue weighted by atomic mass is 16.6. The third kappa shape index (κ3) is 1.85. The molecule has 0 saturated heterocycles. The largest absolute Gasteiger partial charge is 0.455 e. The van der Waals surface area contributed by atoms with Crippen molar-refractivity contribution in [2.24, 2.45) is 35.5 Å². The maximum atomic E-state index is 13.1. The lowest BCUT2D eigenvalue weighted by Crippen LogP contribution is -2.45. The Morgan fingerprint density at radius 1 is 1.00 bits per heavy atom. The van der Waals surface area contributed by atoms with Crippen LogP contribution in [0.5, 0.6) is 0 Å². The molecule has 0 radical (unpaired) electrons. The Hall–Kier alpha value is -2.09. The van der Waals surface area contributed by atoms with E-state index < -0.39 is 0 Å². The third-order valence-electron chi connectivity index (χ3n) is 7.94. The van der Waals surface area contributed by atoms with Crippen LogP contribution >= 0.6 is 0 Å². The fourth-order valence-electron chi connectivity index (χ4n) is 7.10. The molecule has 7 atom stereocenters. The molecule has 4 bridgehead atoms. The van der Waals surface area contributed by atoms with Crippen molar-refractivity contribution in [1.29, 1.82) is 0 Å². The van der Waals surface area contributed by atoms with Crippen molar-refractivity contribution in [3.05, 3.63) is 60.2 Å². The molecule has 2 aromatic rings. The fourth-order valence-corrected chi connectivity index (χ4v) is 7.10. The minimum Gasteiger partial charge on any atom is -0.455 e. The van der Waals surface area contributed by atoms with Crippen LogP contribution in [0.15, 0.2) is 54.6 Å². The first-order chi connectivity index (χ1) is 12.6. The van der Waals surface area contributed by atoms with E-state index in [0.717, 1.165) is 46.8 Å². The van der Waals surface area contributed by atoms with E-state index >= 15 is 0 Å². The van der Waals surface area contributed by atoms with Gasteiger partial charge < -0.3 is 4.74 Å². The molecule has 3 saturated carbocycles. The van der Waals surface area contributed by atoms with E-state index in [-0.39, 0.29) is 11.6 Å². The monoisotopic (exact) mass is 344 g/mol. The zero-order chi connectivity index (χ0) is 17.5. The standard InChI is InChI=1S/C24H24O2/c1-24(13-17-12-20(24)22-16-10-9-15(11-16)21(17)22)26-23(25)19-8-4-6-14-5-2-3-7-18(14)19/h2-10,15-17,20-22H,11-13H2,1H3. The normalized spacial score (nSPS) is 41.7. The number of esters is 1. The van der Waals surface area contributed by atoms with Crippen LogP contribution in [0.4, 0.5) is 0 Å². The average Bonchev–Trinajstić information content (AvgIpc) is 3.39. The molecule has 4 aliphatic carbocycles. The summed E-state index contributed by atoms with van der Waals surface area (Å²) in [5.74, 6) is 4.28. The van der Waals surface area contributed by atoms with Crippen LogP contribution in [0.3, 0.4) is 0 Å². The van der Waals surface area contributed by atoms with Crippen molar-refractivity contribution in [3.63, 3.8) is 0 Å². The Balaban J connectivity index is 1.32. The molecule has 6 rings (SSSR count). The second-order valence-corrected chi connectivity index (χ2v) is 9.14. The Morgan fingerprint density at radius 2 is 1.77 bits per heavy atom. The van der Waals surface area contributed by atoms with E-state index in [0.29, 0.717) is 11.5 Å². The van der Waals surface area contributed by atoms with Gasteiger partial charge >= 0.3 is 5.97 Å². The van der Waals surface area contributed by atoms with E-state index in [1.54, 1.807) is 0 Å². The van der Waals surface area contributed by atoms with Gasteiger partial charge in [0.2, 0.25) is 0 Å². The maximum absolute atomic E-state index is 13.1. The molecular formula is C24H24O2. The van der Waals surface area contributed by atoms with Crippen LogP contribution in [0, 0.1) is 35.5 Å². The SMILES string of the molecule is CC1(OC(=O)c2cccc3ccccc23)CC2CC1C1C3C=CC(C3)C21. The lowest BCUT2D eigenvalue weighted by molar-refractivity contribution is -0.0636. The highest BCUT2D eigenvalue weighted by molar-refractivity contribution is 6.04. The van der Waals surface area contributed by atoms with Gasteiger partial charge in [-0.05, 0) is 72.6 Å². The highest BCUT2D eigenvalue weighted by Gasteiger charge is 2.66. The second-order valence-electron chi connectivity index (χ2n) is 9.14. The van der Waals surface area contributed by atoms with Gasteiger partial charge in [0, 0.05) is 5.92 Å². The van der Waals surface area contributed by atoms with E-state index in [1.165, 1.54) is 12.8 Å². The summed E-state index contributed by atoms with van der Waals surface area (Å²) in [6, 6.07) is 14.0. The molecule has 132 valence electrons. The van der Waals surface area contributed by atoms with Crippen LogP contribution < -0.4 is 0 Å². The molecule has 0 N–H and O–H groups in total. The van der Waals surface area contributed by atoms with Crippen molar-refractivity contribution in [2.45, 2.75) is 31.8 Å². The van der Waals surface area contributed by atoms with Crippen LogP contribution in [-0.2, 0) is 4.74 Å². The minimum absolute atomic E-state index is 0.146. The summed E-state index contributed by atoms with van der Waals surface area (Å²) >= 11 is 0. The van der Waals surface area contributed by atoms with Gasteiger partial charge in [-0.15, -0.1) is 0 Å². The summed E-state index contributed by atoms with van der Waals surface area (Å²) in [6.07, 6.45) is 8.55. The molecule has 7 unspecified atom stereocenters. The van der Waals surface area contributed by atoms with Gasteiger partial charge in [-0.3, -0.25) is 0 Å². The summed E-state index contributed by atoms with van der Waals surface area (Å²) in [5.41, 5.74) is 0.412. The quantitative estimate of drug-likeness (QED) is 0.423. The number of carbonyl (C=O) groups excluding carboxylic acids is 1. The molecule has 3 fully saturated rings. The predicted octanol–water partition coefficient (Wildman–Crippen LogP) is 5.23. The zero-order valence-electron chi connectivity index (χ0n) is 15.1. The molecule has 0 spiro atoms. The molecule has 0 aliphatic heterocycles. The number of fused-ring (bicyclic) bond motifs is 10. The van der Waals surface area contributed by atoms with Crippen molar-refractivity contribution in [2.75, 3.05) is 0 Å². The van der Waals surface area contributed by atoms with Crippen molar-refractivity contribution >= 4 is 16.7 Å². The Bertz CT molecular complexity index is 939. The molecule has 0 heterocycles. The van der Waals surface area contributed by atoms with E-state index in [2.05, 4.69) is 31.2 Å². The van der Waals surface area contributed by atoms with Gasteiger partial charge in [0.25, 0.3) is 0 Å². The van der Waals surface area contributed by atoms with Crippen LogP contribution in [0.2, 0.25) is 0 Å². The Labute approximate surface area is 154 Å². The second kappa shape index (κ2) is 5.00. The molecule has 2 nitrogen and oxygen atoms in total. The molecule has 4 aliphatic rings. The lowest BCUT2D eigenvalue weighted by Gasteiger charge is -2.42. The summed E-state index contributed by atoms with van der Waals surface area (Å²) in [6.45, 7) is 2.20. The molecule has 2 aromatic carbocycles. The fraction of sp³-hybridized carbons (Fsp3) is 0.458. The van der Waals surface area contributed by atoms with E-state index in [9.17, 15) is 4.79 Å². The maximum Gasteiger partial charge on any atom is 0.339 e. The smallest absolute Gasteiger partial charge is 0.339 e. The minimum atomic E-state index is -0.293. The number of rotatable bonds is 2. The number of carbonyl (C=O) groups is 1. The highest BCUT2D eigenvalue weighted by Crippen LogP contribution is 2.68. The van der Waals surface area contributed by atoms with E-state index in [4.69, 9.17) is 4.74 Å². The van der Waals surface area contributed by atoms with Crippen molar-refractivity contribution < 1.29 is 9.53 Å². The van der Waals surface area contributed by atoms with Gasteiger partial charge in [-0.25, -0.2) is 4.79 Å². The number of ether oxygens (including phenoxy) is 1. The third-order valence-corrected chi connectivity index (χ3v) is 7.94. The topological polar surface area (TPSA) is 26.3 Å². The zero-order valence-corrected chi connectivity index (χ0v) is 15.1. The number of allylic oxidation sites excluding steroid dienone is 2. The van der Waals surface area contributed by atoms with Crippen LogP contribution in [0.25, 0.3) is 10.8 Å². The van der Waals surface area contributed by atoms with Gasteiger partial charge in [0.15, 0.2) is 0 Å². The summed E-state index contributed by atoms with van der Waals surface area (Å²) < 4.78 is 6.28. The molecular weight excluding hydrogens is 320 g/mol. The van der Waals surface area contributed by atoms with Crippen molar-refractivity contribution in [1.82, 2.24) is 0 Å².